The molecule has 0 aromatic heterocycles. The number of hydrogen-bond donors (Lipinski definition) is 2. The highest BCUT2D eigenvalue weighted by molar-refractivity contribution is 7.89. The zero-order chi connectivity index (χ0) is 9.90. The lowest BCUT2D eigenvalue weighted by Crippen LogP contribution is -2.39. The minimum absolute atomic E-state index is 0.0555. The Kier molecular flexibility index (Phi) is 3.70. The van der Waals surface area contributed by atoms with Gasteiger partial charge in [0.2, 0.25) is 10.0 Å². The van der Waals surface area contributed by atoms with Crippen molar-refractivity contribution < 1.29 is 8.42 Å². The zero-order valence-electron chi connectivity index (χ0n) is 8.21. The Bertz CT molecular complexity index is 245. The molecule has 0 aromatic rings. The molecular weight excluding hydrogens is 188 g/mol. The summed E-state index contributed by atoms with van der Waals surface area (Å²) in [5, 5.41) is 3.22. The molecule has 78 valence electrons. The first-order valence-corrected chi connectivity index (χ1v) is 6.41. The van der Waals surface area contributed by atoms with E-state index in [1.165, 1.54) is 0 Å². The molecule has 0 aromatic carbocycles. The first-order chi connectivity index (χ1) is 6.05. The van der Waals surface area contributed by atoms with Crippen LogP contribution < -0.4 is 10.0 Å². The van der Waals surface area contributed by atoms with Crippen LogP contribution in [0.4, 0.5) is 0 Å². The minimum Gasteiger partial charge on any atom is -0.316 e. The Morgan fingerprint density at radius 3 is 2.77 bits per heavy atom. The second-order valence-electron chi connectivity index (χ2n) is 3.56. The first kappa shape index (κ1) is 10.9. The molecule has 5 heteroatoms. The molecule has 1 heterocycles. The number of rotatable bonds is 4. The molecule has 1 saturated heterocycles. The number of hydrogen-bond acceptors (Lipinski definition) is 3. The van der Waals surface area contributed by atoms with Crippen molar-refractivity contribution in [2.75, 3.05) is 18.8 Å². The highest BCUT2D eigenvalue weighted by Crippen LogP contribution is 2.12. The van der Waals surface area contributed by atoms with Crippen molar-refractivity contribution >= 4 is 10.0 Å². The zero-order valence-corrected chi connectivity index (χ0v) is 9.02. The van der Waals surface area contributed by atoms with Gasteiger partial charge >= 0.3 is 0 Å². The van der Waals surface area contributed by atoms with Crippen molar-refractivity contribution in [3.63, 3.8) is 0 Å². The highest BCUT2D eigenvalue weighted by atomic mass is 32.2. The Hall–Kier alpha value is -0.130. The third kappa shape index (κ3) is 3.25. The lowest BCUT2D eigenvalue weighted by molar-refractivity contribution is 0.445. The molecule has 1 fully saturated rings. The lowest BCUT2D eigenvalue weighted by atomic mass is 10.0. The lowest BCUT2D eigenvalue weighted by Gasteiger charge is -2.18. The summed E-state index contributed by atoms with van der Waals surface area (Å²) in [4.78, 5) is 0. The maximum atomic E-state index is 11.2. The van der Waals surface area contributed by atoms with E-state index >= 15 is 0 Å². The summed E-state index contributed by atoms with van der Waals surface area (Å²) >= 11 is 0. The molecule has 1 aliphatic heterocycles. The normalized spacial score (nSPS) is 26.2. The van der Waals surface area contributed by atoms with Gasteiger partial charge in [0, 0.05) is 6.04 Å². The monoisotopic (exact) mass is 206 g/mol. The van der Waals surface area contributed by atoms with Gasteiger partial charge in [0.05, 0.1) is 5.75 Å². The molecule has 4 nitrogen and oxygen atoms in total. The molecule has 0 amide bonds. The van der Waals surface area contributed by atoms with Gasteiger partial charge in [-0.3, -0.25) is 0 Å². The summed E-state index contributed by atoms with van der Waals surface area (Å²) in [5.74, 6) is 0.610. The topological polar surface area (TPSA) is 58.2 Å². The van der Waals surface area contributed by atoms with Gasteiger partial charge in [0.15, 0.2) is 0 Å². The van der Waals surface area contributed by atoms with Gasteiger partial charge in [-0.05, 0) is 39.3 Å². The van der Waals surface area contributed by atoms with Gasteiger partial charge in [0.1, 0.15) is 0 Å². The first-order valence-electron chi connectivity index (χ1n) is 4.76. The number of sulfonamides is 1. The van der Waals surface area contributed by atoms with Gasteiger partial charge in [-0.25, -0.2) is 13.1 Å². The van der Waals surface area contributed by atoms with E-state index in [4.69, 9.17) is 0 Å². The predicted octanol–water partition coefficient (Wildman–Crippen LogP) is -0.0763. The molecule has 2 N–H and O–H groups in total. The van der Waals surface area contributed by atoms with Crippen LogP contribution in [0.1, 0.15) is 20.3 Å². The molecule has 0 saturated carbocycles. The molecule has 0 spiro atoms. The van der Waals surface area contributed by atoms with E-state index in [1.807, 2.05) is 6.92 Å². The van der Waals surface area contributed by atoms with Crippen LogP contribution in [0.2, 0.25) is 0 Å². The van der Waals surface area contributed by atoms with Crippen LogP contribution in [0.3, 0.4) is 0 Å². The van der Waals surface area contributed by atoms with E-state index in [-0.39, 0.29) is 11.8 Å². The Labute approximate surface area is 80.1 Å². The van der Waals surface area contributed by atoms with Crippen molar-refractivity contribution in [1.82, 2.24) is 10.0 Å². The Morgan fingerprint density at radius 1 is 1.62 bits per heavy atom. The fraction of sp³-hybridized carbons (Fsp3) is 1.00. The predicted molar refractivity (Wildman–Crippen MR) is 53.0 cm³/mol. The van der Waals surface area contributed by atoms with Gasteiger partial charge in [-0.1, -0.05) is 0 Å². The quantitative estimate of drug-likeness (QED) is 0.676. The average molecular weight is 206 g/mol. The van der Waals surface area contributed by atoms with E-state index in [1.54, 1.807) is 6.92 Å². The summed E-state index contributed by atoms with van der Waals surface area (Å²) in [5.41, 5.74) is 0. The SMILES string of the molecule is CCS(=O)(=O)NC(C)C1CCNC1. The second-order valence-corrected chi connectivity index (χ2v) is 5.61. The van der Waals surface area contributed by atoms with Crippen LogP contribution in [0.5, 0.6) is 0 Å². The van der Waals surface area contributed by atoms with Crippen molar-refractivity contribution in [1.29, 1.82) is 0 Å². The molecule has 0 aliphatic carbocycles. The molecule has 1 aliphatic rings. The van der Waals surface area contributed by atoms with Crippen LogP contribution in [0, 0.1) is 5.92 Å². The van der Waals surface area contributed by atoms with E-state index in [0.29, 0.717) is 5.92 Å². The van der Waals surface area contributed by atoms with Crippen molar-refractivity contribution in [3.8, 4) is 0 Å². The van der Waals surface area contributed by atoms with Crippen molar-refractivity contribution in [2.45, 2.75) is 26.3 Å². The Morgan fingerprint density at radius 2 is 2.31 bits per heavy atom. The summed E-state index contributed by atoms with van der Waals surface area (Å²) < 4.78 is 25.1. The second kappa shape index (κ2) is 4.39. The van der Waals surface area contributed by atoms with Crippen molar-refractivity contribution in [3.05, 3.63) is 0 Å². The summed E-state index contributed by atoms with van der Waals surface area (Å²) in [6.45, 7) is 5.52. The third-order valence-corrected chi connectivity index (χ3v) is 4.04. The smallest absolute Gasteiger partial charge is 0.211 e. The number of nitrogens with one attached hydrogen (secondary N) is 2. The molecule has 0 bridgehead atoms. The van der Waals surface area contributed by atoms with Gasteiger partial charge in [-0.15, -0.1) is 0 Å². The molecule has 1 rings (SSSR count). The summed E-state index contributed by atoms with van der Waals surface area (Å²) in [7, 11) is -3.03. The summed E-state index contributed by atoms with van der Waals surface area (Å²) in [6.07, 6.45) is 1.06. The fourth-order valence-electron chi connectivity index (χ4n) is 1.57. The average Bonchev–Trinajstić information content (AvgIpc) is 2.55. The van der Waals surface area contributed by atoms with Crippen LogP contribution in [-0.4, -0.2) is 33.3 Å². The standard InChI is InChI=1S/C8H18N2O2S/c1-3-13(11,12)10-7(2)8-4-5-9-6-8/h7-10H,3-6H2,1-2H3. The van der Waals surface area contributed by atoms with Crippen LogP contribution in [0.25, 0.3) is 0 Å². The molecule has 13 heavy (non-hydrogen) atoms. The maximum Gasteiger partial charge on any atom is 0.211 e. The largest absolute Gasteiger partial charge is 0.316 e. The third-order valence-electron chi connectivity index (χ3n) is 2.55. The maximum absolute atomic E-state index is 11.2. The van der Waals surface area contributed by atoms with E-state index < -0.39 is 10.0 Å². The van der Waals surface area contributed by atoms with Gasteiger partial charge < -0.3 is 5.32 Å². The van der Waals surface area contributed by atoms with Gasteiger partial charge in [-0.2, -0.15) is 0 Å². The van der Waals surface area contributed by atoms with Crippen LogP contribution in [0.15, 0.2) is 0 Å². The summed E-state index contributed by atoms with van der Waals surface area (Å²) in [6, 6.07) is 0.0555. The minimum atomic E-state index is -3.03. The van der Waals surface area contributed by atoms with E-state index in [0.717, 1.165) is 19.5 Å². The molecule has 0 radical (unpaired) electrons. The van der Waals surface area contributed by atoms with Gasteiger partial charge in [0.25, 0.3) is 0 Å². The van der Waals surface area contributed by atoms with Crippen LogP contribution in [-0.2, 0) is 10.0 Å². The Balaban J connectivity index is 2.44. The molecular formula is C8H18N2O2S. The molecule has 2 unspecified atom stereocenters. The molecule has 2 atom stereocenters. The fourth-order valence-corrected chi connectivity index (χ4v) is 2.49. The van der Waals surface area contributed by atoms with Crippen LogP contribution >= 0.6 is 0 Å². The van der Waals surface area contributed by atoms with E-state index in [2.05, 4.69) is 10.0 Å². The van der Waals surface area contributed by atoms with E-state index in [9.17, 15) is 8.42 Å². The van der Waals surface area contributed by atoms with Crippen molar-refractivity contribution in [2.24, 2.45) is 5.92 Å². The highest BCUT2D eigenvalue weighted by Gasteiger charge is 2.23.